The molecular weight excluding hydrogens is 330 g/mol. The summed E-state index contributed by atoms with van der Waals surface area (Å²) in [4.78, 5) is 4.68. The summed E-state index contributed by atoms with van der Waals surface area (Å²) in [5.74, 6) is 0. The molecule has 0 aliphatic carbocycles. The second-order valence-electron chi connectivity index (χ2n) is 7.77. The molecule has 0 saturated carbocycles. The fourth-order valence-corrected chi connectivity index (χ4v) is 4.54. The summed E-state index contributed by atoms with van der Waals surface area (Å²) in [6, 6.07) is 22.8. The van der Waals surface area contributed by atoms with E-state index in [0.717, 1.165) is 6.67 Å². The first kappa shape index (κ1) is 14.9. The lowest BCUT2D eigenvalue weighted by Gasteiger charge is -2.24. The third-order valence-corrected chi connectivity index (χ3v) is 5.95. The lowest BCUT2D eigenvalue weighted by molar-refractivity contribution is 0.336. The number of fused-ring (bicyclic) bond motifs is 6. The van der Waals surface area contributed by atoms with E-state index in [1.807, 2.05) is 0 Å². The van der Waals surface area contributed by atoms with E-state index < -0.39 is 0 Å². The molecule has 3 heterocycles. The lowest BCUT2D eigenvalue weighted by Crippen LogP contribution is -2.30. The monoisotopic (exact) mass is 351 g/mol. The molecule has 27 heavy (non-hydrogen) atoms. The number of rotatable bonds is 2. The van der Waals surface area contributed by atoms with Crippen molar-refractivity contribution < 1.29 is 0 Å². The highest BCUT2D eigenvalue weighted by Crippen LogP contribution is 2.40. The van der Waals surface area contributed by atoms with E-state index in [1.54, 1.807) is 0 Å². The van der Waals surface area contributed by atoms with E-state index in [9.17, 15) is 0 Å². The Morgan fingerprint density at radius 1 is 0.741 bits per heavy atom. The molecule has 0 saturated heterocycles. The van der Waals surface area contributed by atoms with Crippen molar-refractivity contribution in [2.24, 2.45) is 0 Å². The van der Waals surface area contributed by atoms with Crippen LogP contribution in [0, 0.1) is 0 Å². The van der Waals surface area contributed by atoms with Gasteiger partial charge in [0.2, 0.25) is 0 Å². The van der Waals surface area contributed by atoms with Gasteiger partial charge in [-0.05, 0) is 38.1 Å². The van der Waals surface area contributed by atoms with Crippen LogP contribution in [0.3, 0.4) is 0 Å². The quantitative estimate of drug-likeness (QED) is 0.398. The molecule has 0 spiro atoms. The highest BCUT2D eigenvalue weighted by atomic mass is 15.3. The Bertz CT molecular complexity index is 1340. The number of nitrogens with zero attached hydrogens (tertiary/aromatic N) is 3. The first-order valence-electron chi connectivity index (χ1n) is 9.60. The van der Waals surface area contributed by atoms with Gasteiger partial charge >= 0.3 is 0 Å². The van der Waals surface area contributed by atoms with Gasteiger partial charge in [-0.3, -0.25) is 0 Å². The second-order valence-corrected chi connectivity index (χ2v) is 7.77. The minimum absolute atomic E-state index is 0.515. The number of anilines is 1. The smallest absolute Gasteiger partial charge is 0.0944 e. The van der Waals surface area contributed by atoms with E-state index in [2.05, 4.69) is 101 Å². The van der Waals surface area contributed by atoms with Crippen LogP contribution in [0.2, 0.25) is 0 Å². The van der Waals surface area contributed by atoms with Crippen LogP contribution in [0.25, 0.3) is 38.1 Å². The van der Waals surface area contributed by atoms with Gasteiger partial charge in [0.25, 0.3) is 0 Å². The van der Waals surface area contributed by atoms with Crippen LogP contribution in [0.4, 0.5) is 5.69 Å². The summed E-state index contributed by atoms with van der Waals surface area (Å²) < 4.78 is 2.43. The summed E-state index contributed by atoms with van der Waals surface area (Å²) >= 11 is 0. The first-order chi connectivity index (χ1) is 13.2. The fraction of sp³-hybridized carbons (Fsp3) is 0.167. The zero-order chi connectivity index (χ0) is 18.1. The normalized spacial score (nSPS) is 14.9. The van der Waals surface area contributed by atoms with Gasteiger partial charge in [0.1, 0.15) is 0 Å². The van der Waals surface area contributed by atoms with Gasteiger partial charge in [-0.25, -0.2) is 0 Å². The molecule has 3 heteroatoms. The first-order valence-corrected chi connectivity index (χ1v) is 9.60. The van der Waals surface area contributed by atoms with Crippen LogP contribution in [0.15, 0.2) is 73.1 Å². The van der Waals surface area contributed by atoms with Crippen molar-refractivity contribution in [1.29, 1.82) is 0 Å². The van der Waals surface area contributed by atoms with Crippen molar-refractivity contribution in [3.05, 3.63) is 73.1 Å². The topological polar surface area (TPSA) is 10.9 Å². The van der Waals surface area contributed by atoms with Crippen molar-refractivity contribution in [3.8, 4) is 0 Å². The molecule has 0 fully saturated rings. The average Bonchev–Trinajstić information content (AvgIpc) is 3.39. The maximum Gasteiger partial charge on any atom is 0.0944 e. The summed E-state index contributed by atoms with van der Waals surface area (Å²) in [7, 11) is 0. The van der Waals surface area contributed by atoms with Crippen molar-refractivity contribution >= 4 is 43.8 Å². The molecule has 1 aliphatic heterocycles. The summed E-state index contributed by atoms with van der Waals surface area (Å²) in [6.45, 7) is 5.38. The Balaban J connectivity index is 1.62. The summed E-state index contributed by atoms with van der Waals surface area (Å²) in [6.07, 6.45) is 4.38. The van der Waals surface area contributed by atoms with E-state index in [0.29, 0.717) is 6.04 Å². The van der Waals surface area contributed by atoms with Gasteiger partial charge < -0.3 is 14.2 Å². The highest BCUT2D eigenvalue weighted by Gasteiger charge is 2.20. The molecule has 1 aliphatic rings. The lowest BCUT2D eigenvalue weighted by atomic mass is 10.1. The average molecular weight is 351 g/mol. The predicted octanol–water partition coefficient (Wildman–Crippen LogP) is 5.80. The molecule has 132 valence electrons. The Hall–Kier alpha value is -3.20. The number of hydrogen-bond acceptors (Lipinski definition) is 2. The van der Waals surface area contributed by atoms with E-state index >= 15 is 0 Å². The van der Waals surface area contributed by atoms with Crippen LogP contribution < -0.4 is 4.90 Å². The molecule has 5 aromatic rings. The Morgan fingerprint density at radius 2 is 1.48 bits per heavy atom. The van der Waals surface area contributed by atoms with E-state index in [1.165, 1.54) is 43.8 Å². The molecular formula is C24H21N3. The van der Waals surface area contributed by atoms with Gasteiger partial charge in [0.05, 0.1) is 23.2 Å². The van der Waals surface area contributed by atoms with Crippen molar-refractivity contribution in [2.75, 3.05) is 11.6 Å². The van der Waals surface area contributed by atoms with Gasteiger partial charge in [0.15, 0.2) is 0 Å². The third kappa shape index (κ3) is 1.91. The number of aromatic nitrogens is 1. The Labute approximate surface area is 158 Å². The molecule has 3 aromatic carbocycles. The fourth-order valence-electron chi connectivity index (χ4n) is 4.54. The van der Waals surface area contributed by atoms with E-state index in [4.69, 9.17) is 0 Å². The van der Waals surface area contributed by atoms with Gasteiger partial charge in [-0.2, -0.15) is 0 Å². The van der Waals surface area contributed by atoms with Gasteiger partial charge in [-0.15, -0.1) is 0 Å². The standard InChI is InChI=1S/C24H21N3/c1-16(2)25-12-13-26(15-25)17-10-11-23-21(14-17)20-8-5-7-19-18-6-3-4-9-22(18)27(23)24(19)20/h3-14,16H,15H2,1-2H3. The SMILES string of the molecule is CC(C)N1C=CN(c2ccc3c(c2)c2cccc4c5ccccc5n3c42)C1. The predicted molar refractivity (Wildman–Crippen MR) is 115 cm³/mol. The molecule has 2 aromatic heterocycles. The zero-order valence-corrected chi connectivity index (χ0v) is 15.6. The molecule has 0 N–H and O–H groups in total. The minimum Gasteiger partial charge on any atom is -0.356 e. The third-order valence-electron chi connectivity index (χ3n) is 5.95. The van der Waals surface area contributed by atoms with Crippen molar-refractivity contribution in [3.63, 3.8) is 0 Å². The summed E-state index contributed by atoms with van der Waals surface area (Å²) in [5, 5.41) is 5.34. The van der Waals surface area contributed by atoms with Crippen LogP contribution in [-0.2, 0) is 0 Å². The number of benzene rings is 3. The van der Waals surface area contributed by atoms with Crippen molar-refractivity contribution in [2.45, 2.75) is 19.9 Å². The minimum atomic E-state index is 0.515. The molecule has 0 unspecified atom stereocenters. The second kappa shape index (κ2) is 5.17. The molecule has 6 rings (SSSR count). The van der Waals surface area contributed by atoms with Crippen molar-refractivity contribution in [1.82, 2.24) is 9.30 Å². The van der Waals surface area contributed by atoms with Crippen LogP contribution >= 0.6 is 0 Å². The van der Waals surface area contributed by atoms with E-state index in [-0.39, 0.29) is 0 Å². The van der Waals surface area contributed by atoms with Crippen LogP contribution in [-0.4, -0.2) is 22.0 Å². The molecule has 0 bridgehead atoms. The number of hydrogen-bond donors (Lipinski definition) is 0. The summed E-state index contributed by atoms with van der Waals surface area (Å²) in [5.41, 5.74) is 5.17. The van der Waals surface area contributed by atoms with Crippen LogP contribution in [0.1, 0.15) is 13.8 Å². The Morgan fingerprint density at radius 3 is 2.30 bits per heavy atom. The molecule has 3 nitrogen and oxygen atoms in total. The van der Waals surface area contributed by atoms with Gasteiger partial charge in [0, 0.05) is 45.7 Å². The molecule has 0 amide bonds. The van der Waals surface area contributed by atoms with Gasteiger partial charge in [-0.1, -0.05) is 36.4 Å². The highest BCUT2D eigenvalue weighted by molar-refractivity contribution is 6.23. The maximum absolute atomic E-state index is 2.43. The molecule has 0 atom stereocenters. The largest absolute Gasteiger partial charge is 0.356 e. The molecule has 0 radical (unpaired) electrons. The number of para-hydroxylation sites is 2. The maximum atomic E-state index is 2.43. The Kier molecular flexibility index (Phi) is 2.85. The zero-order valence-electron chi connectivity index (χ0n) is 15.6. The van der Waals surface area contributed by atoms with Crippen LogP contribution in [0.5, 0.6) is 0 Å².